The predicted octanol–water partition coefficient (Wildman–Crippen LogP) is 7.24. The summed E-state index contributed by atoms with van der Waals surface area (Å²) in [5.41, 5.74) is 0.891. The van der Waals surface area contributed by atoms with Gasteiger partial charge in [0.2, 0.25) is 5.95 Å². The molecule has 6 nitrogen and oxygen atoms in total. The summed E-state index contributed by atoms with van der Waals surface area (Å²) in [7, 11) is 7.59. The molecule has 0 saturated carbocycles. The van der Waals surface area contributed by atoms with Crippen molar-refractivity contribution in [2.75, 3.05) is 51.2 Å². The normalized spacial score (nSPS) is 11.1. The molecule has 0 aliphatic rings. The van der Waals surface area contributed by atoms with Gasteiger partial charge < -0.3 is 19.3 Å². The van der Waals surface area contributed by atoms with Crippen LogP contribution in [0.5, 0.6) is 11.5 Å². The third-order valence-electron chi connectivity index (χ3n) is 6.57. The summed E-state index contributed by atoms with van der Waals surface area (Å²) in [5.74, 6) is 3.14. The lowest BCUT2D eigenvalue weighted by molar-refractivity contribution is 0.356. The SMILES string of the molecule is CCCCCCCCN(C)c1nc(N(C)CCCCCCCC)c2cc(OC)c(OC)cc2n1. The summed E-state index contributed by atoms with van der Waals surface area (Å²) < 4.78 is 11.1. The molecule has 0 aliphatic carbocycles. The largest absolute Gasteiger partial charge is 0.493 e. The molecule has 0 spiro atoms. The molecule has 0 saturated heterocycles. The van der Waals surface area contributed by atoms with Gasteiger partial charge in [0.05, 0.1) is 19.7 Å². The molecule has 0 aliphatic heterocycles. The zero-order valence-corrected chi connectivity index (χ0v) is 22.7. The smallest absolute Gasteiger partial charge is 0.227 e. The minimum absolute atomic E-state index is 0.697. The second-order valence-electron chi connectivity index (χ2n) is 9.45. The van der Waals surface area contributed by atoms with Gasteiger partial charge in [0.1, 0.15) is 5.82 Å². The van der Waals surface area contributed by atoms with Crippen LogP contribution >= 0.6 is 0 Å². The molecule has 0 radical (unpaired) electrons. The number of unbranched alkanes of at least 4 members (excludes halogenated alkanes) is 10. The molecule has 0 N–H and O–H groups in total. The number of anilines is 2. The molecule has 1 aromatic carbocycles. The van der Waals surface area contributed by atoms with Crippen molar-refractivity contribution in [1.29, 1.82) is 0 Å². The van der Waals surface area contributed by atoms with Gasteiger partial charge in [-0.2, -0.15) is 4.98 Å². The van der Waals surface area contributed by atoms with Crippen LogP contribution in [0.25, 0.3) is 10.9 Å². The molecule has 34 heavy (non-hydrogen) atoms. The summed E-state index contributed by atoms with van der Waals surface area (Å²) >= 11 is 0. The number of fused-ring (bicyclic) bond motifs is 1. The highest BCUT2D eigenvalue weighted by molar-refractivity contribution is 5.93. The van der Waals surface area contributed by atoms with E-state index in [2.05, 4.69) is 37.7 Å². The Balaban J connectivity index is 2.20. The van der Waals surface area contributed by atoms with E-state index < -0.39 is 0 Å². The molecule has 192 valence electrons. The van der Waals surface area contributed by atoms with Gasteiger partial charge in [-0.05, 0) is 18.9 Å². The lowest BCUT2D eigenvalue weighted by atomic mass is 10.1. The molecule has 2 rings (SSSR count). The van der Waals surface area contributed by atoms with Crippen LogP contribution in [0, 0.1) is 0 Å². The maximum absolute atomic E-state index is 5.58. The van der Waals surface area contributed by atoms with E-state index in [-0.39, 0.29) is 0 Å². The Morgan fingerprint density at radius 1 is 0.647 bits per heavy atom. The van der Waals surface area contributed by atoms with Gasteiger partial charge in [0.15, 0.2) is 11.5 Å². The van der Waals surface area contributed by atoms with Crippen LogP contribution in [0.3, 0.4) is 0 Å². The van der Waals surface area contributed by atoms with E-state index in [1.54, 1.807) is 14.2 Å². The van der Waals surface area contributed by atoms with Crippen LogP contribution in [0.15, 0.2) is 12.1 Å². The standard InChI is InChI=1S/C28H48N4O2/c1-7-9-11-13-15-17-19-31(3)27-23-21-25(33-5)26(34-6)22-24(23)29-28(30-27)32(4)20-18-16-14-12-10-8-2/h21-22H,7-20H2,1-6H3. The summed E-state index contributed by atoms with van der Waals surface area (Å²) in [6.45, 7) is 6.47. The van der Waals surface area contributed by atoms with Gasteiger partial charge in [-0.1, -0.05) is 78.1 Å². The molecular formula is C28H48N4O2. The molecule has 2 aromatic rings. The van der Waals surface area contributed by atoms with Crippen LogP contribution in [0.4, 0.5) is 11.8 Å². The molecule has 0 unspecified atom stereocenters. The van der Waals surface area contributed by atoms with Crippen molar-refractivity contribution >= 4 is 22.7 Å². The highest BCUT2D eigenvalue weighted by Gasteiger charge is 2.17. The van der Waals surface area contributed by atoms with E-state index in [1.807, 2.05) is 12.1 Å². The quantitative estimate of drug-likeness (QED) is 0.213. The minimum Gasteiger partial charge on any atom is -0.493 e. The van der Waals surface area contributed by atoms with Gasteiger partial charge in [-0.15, -0.1) is 0 Å². The molecular weight excluding hydrogens is 424 g/mol. The Morgan fingerprint density at radius 3 is 1.71 bits per heavy atom. The van der Waals surface area contributed by atoms with E-state index in [0.29, 0.717) is 11.5 Å². The Morgan fingerprint density at radius 2 is 1.15 bits per heavy atom. The van der Waals surface area contributed by atoms with Gasteiger partial charge in [-0.25, -0.2) is 4.98 Å². The van der Waals surface area contributed by atoms with E-state index in [9.17, 15) is 0 Å². The monoisotopic (exact) mass is 472 g/mol. The van der Waals surface area contributed by atoms with Gasteiger partial charge in [0, 0.05) is 38.6 Å². The zero-order chi connectivity index (χ0) is 24.8. The predicted molar refractivity (Wildman–Crippen MR) is 146 cm³/mol. The second kappa shape index (κ2) is 15.6. The Kier molecular flexibility index (Phi) is 12.9. The average Bonchev–Trinajstić information content (AvgIpc) is 2.86. The number of rotatable bonds is 18. The van der Waals surface area contributed by atoms with Crippen molar-refractivity contribution in [3.05, 3.63) is 12.1 Å². The molecule has 1 aromatic heterocycles. The van der Waals surface area contributed by atoms with Crippen LogP contribution in [0.1, 0.15) is 90.9 Å². The highest BCUT2D eigenvalue weighted by atomic mass is 16.5. The van der Waals surface area contributed by atoms with Gasteiger partial charge in [0.25, 0.3) is 0 Å². The van der Waals surface area contributed by atoms with E-state index in [0.717, 1.165) is 42.2 Å². The van der Waals surface area contributed by atoms with Gasteiger partial charge in [-0.3, -0.25) is 0 Å². The zero-order valence-electron chi connectivity index (χ0n) is 22.7. The van der Waals surface area contributed by atoms with Crippen molar-refractivity contribution in [2.45, 2.75) is 90.9 Å². The van der Waals surface area contributed by atoms with E-state index in [1.165, 1.54) is 70.6 Å². The Hall–Kier alpha value is -2.24. The fraction of sp³-hybridized carbons (Fsp3) is 0.714. The number of benzene rings is 1. The van der Waals surface area contributed by atoms with Crippen molar-refractivity contribution in [1.82, 2.24) is 9.97 Å². The van der Waals surface area contributed by atoms with Crippen molar-refractivity contribution in [3.63, 3.8) is 0 Å². The first-order valence-electron chi connectivity index (χ1n) is 13.4. The number of aromatic nitrogens is 2. The van der Waals surface area contributed by atoms with E-state index in [4.69, 9.17) is 19.4 Å². The summed E-state index contributed by atoms with van der Waals surface area (Å²) in [6, 6.07) is 3.98. The van der Waals surface area contributed by atoms with Crippen LogP contribution < -0.4 is 19.3 Å². The fourth-order valence-corrected chi connectivity index (χ4v) is 4.35. The minimum atomic E-state index is 0.697. The maximum Gasteiger partial charge on any atom is 0.227 e. The topological polar surface area (TPSA) is 50.7 Å². The molecule has 0 amide bonds. The molecule has 1 heterocycles. The van der Waals surface area contributed by atoms with Crippen molar-refractivity contribution in [3.8, 4) is 11.5 Å². The number of nitrogens with zero attached hydrogens (tertiary/aromatic N) is 4. The van der Waals surface area contributed by atoms with Gasteiger partial charge >= 0.3 is 0 Å². The maximum atomic E-state index is 5.58. The number of methoxy groups -OCH3 is 2. The molecule has 6 heteroatoms. The highest BCUT2D eigenvalue weighted by Crippen LogP contribution is 2.36. The summed E-state index contributed by atoms with van der Waals surface area (Å²) in [5, 5.41) is 1.00. The lowest BCUT2D eigenvalue weighted by Gasteiger charge is -2.24. The Bertz CT molecular complexity index is 843. The Labute approximate surface area is 208 Å². The number of hydrogen-bond donors (Lipinski definition) is 0. The fourth-order valence-electron chi connectivity index (χ4n) is 4.35. The van der Waals surface area contributed by atoms with Crippen LogP contribution in [-0.2, 0) is 0 Å². The van der Waals surface area contributed by atoms with E-state index >= 15 is 0 Å². The number of ether oxygens (including phenoxy) is 2. The molecule has 0 fully saturated rings. The first kappa shape index (κ1) is 28.0. The first-order chi connectivity index (χ1) is 16.5. The third-order valence-corrected chi connectivity index (χ3v) is 6.57. The molecule has 0 atom stereocenters. The van der Waals surface area contributed by atoms with Crippen molar-refractivity contribution in [2.24, 2.45) is 0 Å². The first-order valence-corrected chi connectivity index (χ1v) is 13.4. The van der Waals surface area contributed by atoms with Crippen LogP contribution in [0.2, 0.25) is 0 Å². The second-order valence-corrected chi connectivity index (χ2v) is 9.45. The lowest BCUT2D eigenvalue weighted by Crippen LogP contribution is -2.25. The summed E-state index contributed by atoms with van der Waals surface area (Å²) in [4.78, 5) is 14.4. The van der Waals surface area contributed by atoms with Crippen molar-refractivity contribution < 1.29 is 9.47 Å². The third kappa shape index (κ3) is 8.52. The summed E-state index contributed by atoms with van der Waals surface area (Å²) in [6.07, 6.45) is 15.4. The number of hydrogen-bond acceptors (Lipinski definition) is 6. The average molecular weight is 473 g/mol. The molecule has 0 bridgehead atoms. The van der Waals surface area contributed by atoms with Crippen LogP contribution in [-0.4, -0.2) is 51.4 Å².